The van der Waals surface area contributed by atoms with Crippen molar-refractivity contribution in [1.29, 1.82) is 0 Å². The quantitative estimate of drug-likeness (QED) is 0.898. The summed E-state index contributed by atoms with van der Waals surface area (Å²) in [5.74, 6) is 0.215. The van der Waals surface area contributed by atoms with Crippen LogP contribution in [0, 0.1) is 0 Å². The zero-order valence-electron chi connectivity index (χ0n) is 12.6. The molecule has 2 rings (SSSR count). The van der Waals surface area contributed by atoms with Gasteiger partial charge in [-0.1, -0.05) is 11.6 Å². The molecule has 21 heavy (non-hydrogen) atoms. The van der Waals surface area contributed by atoms with Crippen LogP contribution < -0.4 is 5.32 Å². The number of rotatable bonds is 2. The summed E-state index contributed by atoms with van der Waals surface area (Å²) >= 11 is 6.09. The SMILES string of the molecule is CNc1cc(C(=O)N2CCN(C)C(=O)C2(C)C)c(Cl)cn1. The van der Waals surface area contributed by atoms with E-state index >= 15 is 0 Å². The molecule has 1 fully saturated rings. The van der Waals surface area contributed by atoms with Crippen LogP contribution in [0.25, 0.3) is 0 Å². The lowest BCUT2D eigenvalue weighted by atomic mass is 9.96. The Morgan fingerprint density at radius 1 is 1.43 bits per heavy atom. The third kappa shape index (κ3) is 2.68. The van der Waals surface area contributed by atoms with Crippen molar-refractivity contribution in [1.82, 2.24) is 14.8 Å². The molecule has 0 radical (unpaired) electrons. The maximum absolute atomic E-state index is 12.8. The lowest BCUT2D eigenvalue weighted by molar-refractivity contribution is -0.144. The van der Waals surface area contributed by atoms with Crippen LogP contribution in [0.4, 0.5) is 5.82 Å². The van der Waals surface area contributed by atoms with Gasteiger partial charge in [-0.3, -0.25) is 9.59 Å². The third-order valence-corrected chi connectivity index (χ3v) is 4.09. The van der Waals surface area contributed by atoms with Crippen LogP contribution in [0.15, 0.2) is 12.3 Å². The highest BCUT2D eigenvalue weighted by Crippen LogP contribution is 2.27. The minimum atomic E-state index is -0.892. The van der Waals surface area contributed by atoms with Crippen LogP contribution in [0.1, 0.15) is 24.2 Å². The summed E-state index contributed by atoms with van der Waals surface area (Å²) in [5.41, 5.74) is -0.544. The van der Waals surface area contributed by atoms with E-state index in [4.69, 9.17) is 11.6 Å². The van der Waals surface area contributed by atoms with Crippen molar-refractivity contribution >= 4 is 29.2 Å². The number of anilines is 1. The summed E-state index contributed by atoms with van der Waals surface area (Å²) < 4.78 is 0. The highest BCUT2D eigenvalue weighted by atomic mass is 35.5. The Hall–Kier alpha value is -1.82. The molecule has 0 aromatic carbocycles. The fraction of sp³-hybridized carbons (Fsp3) is 0.500. The van der Waals surface area contributed by atoms with Gasteiger partial charge in [-0.25, -0.2) is 4.98 Å². The molecule has 0 unspecified atom stereocenters. The first-order chi connectivity index (χ1) is 9.78. The van der Waals surface area contributed by atoms with E-state index in [1.54, 1.807) is 43.8 Å². The predicted octanol–water partition coefficient (Wildman–Crippen LogP) is 1.47. The zero-order chi connectivity index (χ0) is 15.8. The van der Waals surface area contributed by atoms with Gasteiger partial charge in [0.1, 0.15) is 11.4 Å². The molecule has 1 aromatic rings. The molecule has 6 nitrogen and oxygen atoms in total. The number of carbonyl (C=O) groups is 2. The topological polar surface area (TPSA) is 65.5 Å². The number of likely N-dealkylation sites (N-methyl/N-ethyl adjacent to an activating group) is 1. The van der Waals surface area contributed by atoms with Crippen molar-refractivity contribution < 1.29 is 9.59 Å². The first kappa shape index (κ1) is 15.6. The van der Waals surface area contributed by atoms with Gasteiger partial charge in [-0.15, -0.1) is 0 Å². The number of amides is 2. The molecular weight excluding hydrogens is 292 g/mol. The summed E-state index contributed by atoms with van der Waals surface area (Å²) in [6, 6.07) is 1.60. The second kappa shape index (κ2) is 5.52. The number of hydrogen-bond donors (Lipinski definition) is 1. The standard InChI is InChI=1S/C14H19ClN4O2/c1-14(2)13(21)18(4)5-6-19(14)12(20)9-7-11(16-3)17-8-10(9)15/h7-8H,5-6H2,1-4H3,(H,16,17). The van der Waals surface area contributed by atoms with Crippen LogP contribution in [0.5, 0.6) is 0 Å². The summed E-state index contributed by atoms with van der Waals surface area (Å²) in [7, 11) is 3.46. The maximum Gasteiger partial charge on any atom is 0.256 e. The van der Waals surface area contributed by atoms with E-state index < -0.39 is 5.54 Å². The van der Waals surface area contributed by atoms with E-state index in [0.29, 0.717) is 24.5 Å². The largest absolute Gasteiger partial charge is 0.373 e. The van der Waals surface area contributed by atoms with Crippen LogP contribution in [-0.4, -0.2) is 59.3 Å². The molecule has 2 amide bonds. The van der Waals surface area contributed by atoms with E-state index in [9.17, 15) is 9.59 Å². The normalized spacial score (nSPS) is 17.9. The Morgan fingerprint density at radius 2 is 2.10 bits per heavy atom. The molecule has 0 aliphatic carbocycles. The van der Waals surface area contributed by atoms with Gasteiger partial charge in [-0.2, -0.15) is 0 Å². The fourth-order valence-electron chi connectivity index (χ4n) is 2.45. The molecule has 114 valence electrons. The van der Waals surface area contributed by atoms with Crippen molar-refractivity contribution in [2.24, 2.45) is 0 Å². The smallest absolute Gasteiger partial charge is 0.256 e. The molecule has 1 aliphatic heterocycles. The van der Waals surface area contributed by atoms with Crippen molar-refractivity contribution in [3.05, 3.63) is 22.8 Å². The molecule has 1 aliphatic rings. The molecular formula is C14H19ClN4O2. The van der Waals surface area contributed by atoms with Gasteiger partial charge in [0.05, 0.1) is 10.6 Å². The van der Waals surface area contributed by atoms with E-state index in [2.05, 4.69) is 10.3 Å². The number of halogens is 1. The third-order valence-electron chi connectivity index (χ3n) is 3.79. The molecule has 1 saturated heterocycles. The monoisotopic (exact) mass is 310 g/mol. The van der Waals surface area contributed by atoms with Crippen LogP contribution in [0.2, 0.25) is 5.02 Å². The molecule has 1 N–H and O–H groups in total. The van der Waals surface area contributed by atoms with Gasteiger partial charge in [-0.05, 0) is 19.9 Å². The molecule has 2 heterocycles. The van der Waals surface area contributed by atoms with Crippen LogP contribution in [-0.2, 0) is 4.79 Å². The highest BCUT2D eigenvalue weighted by molar-refractivity contribution is 6.33. The van der Waals surface area contributed by atoms with Gasteiger partial charge in [0.2, 0.25) is 5.91 Å². The lowest BCUT2D eigenvalue weighted by Gasteiger charge is -2.44. The summed E-state index contributed by atoms with van der Waals surface area (Å²) in [6.45, 7) is 4.48. The van der Waals surface area contributed by atoms with Crippen LogP contribution in [0.3, 0.4) is 0 Å². The van der Waals surface area contributed by atoms with Crippen molar-refractivity contribution in [3.8, 4) is 0 Å². The van der Waals surface area contributed by atoms with E-state index in [1.807, 2.05) is 0 Å². The number of nitrogens with one attached hydrogen (secondary N) is 1. The van der Waals surface area contributed by atoms with Gasteiger partial charge in [0, 0.05) is 33.4 Å². The number of nitrogens with zero attached hydrogens (tertiary/aromatic N) is 3. The Balaban J connectivity index is 2.38. The van der Waals surface area contributed by atoms with E-state index in [0.717, 1.165) is 0 Å². The average Bonchev–Trinajstić information content (AvgIpc) is 2.45. The number of piperazine rings is 1. The minimum Gasteiger partial charge on any atom is -0.373 e. The maximum atomic E-state index is 12.8. The van der Waals surface area contributed by atoms with Crippen LogP contribution >= 0.6 is 11.6 Å². The molecule has 1 aromatic heterocycles. The number of pyridine rings is 1. The Bertz CT molecular complexity index is 588. The van der Waals surface area contributed by atoms with Crippen molar-refractivity contribution in [2.45, 2.75) is 19.4 Å². The Kier molecular flexibility index (Phi) is 4.09. The van der Waals surface area contributed by atoms with Gasteiger partial charge >= 0.3 is 0 Å². The summed E-state index contributed by atoms with van der Waals surface area (Å²) in [6.07, 6.45) is 1.44. The molecule has 7 heteroatoms. The van der Waals surface area contributed by atoms with Gasteiger partial charge in [0.25, 0.3) is 5.91 Å². The average molecular weight is 311 g/mol. The first-order valence-corrected chi connectivity index (χ1v) is 7.07. The predicted molar refractivity (Wildman–Crippen MR) is 81.5 cm³/mol. The molecule has 0 saturated carbocycles. The summed E-state index contributed by atoms with van der Waals surface area (Å²) in [4.78, 5) is 32.3. The van der Waals surface area contributed by atoms with E-state index in [-0.39, 0.29) is 16.8 Å². The number of carbonyl (C=O) groups excluding carboxylic acids is 2. The van der Waals surface area contributed by atoms with Crippen molar-refractivity contribution in [2.75, 3.05) is 32.5 Å². The van der Waals surface area contributed by atoms with Gasteiger partial charge < -0.3 is 15.1 Å². The number of hydrogen-bond acceptors (Lipinski definition) is 4. The highest BCUT2D eigenvalue weighted by Gasteiger charge is 2.43. The fourth-order valence-corrected chi connectivity index (χ4v) is 2.64. The Morgan fingerprint density at radius 3 is 2.71 bits per heavy atom. The molecule has 0 bridgehead atoms. The minimum absolute atomic E-state index is 0.0823. The zero-order valence-corrected chi connectivity index (χ0v) is 13.4. The molecule has 0 atom stereocenters. The van der Waals surface area contributed by atoms with E-state index in [1.165, 1.54) is 6.20 Å². The van der Waals surface area contributed by atoms with Gasteiger partial charge in [0.15, 0.2) is 0 Å². The lowest BCUT2D eigenvalue weighted by Crippen LogP contribution is -2.63. The van der Waals surface area contributed by atoms with Crippen molar-refractivity contribution in [3.63, 3.8) is 0 Å². The number of aromatic nitrogens is 1. The molecule has 0 spiro atoms. The second-order valence-corrected chi connectivity index (χ2v) is 5.95. The summed E-state index contributed by atoms with van der Waals surface area (Å²) in [5, 5.41) is 3.15. The Labute approximate surface area is 129 Å². The first-order valence-electron chi connectivity index (χ1n) is 6.70. The second-order valence-electron chi connectivity index (χ2n) is 5.54.